The van der Waals surface area contributed by atoms with Crippen LogP contribution in [0, 0.1) is 7.14 Å². The Bertz CT molecular complexity index is 1480. The van der Waals surface area contributed by atoms with Crippen LogP contribution >= 0.6 is 45.2 Å². The van der Waals surface area contributed by atoms with Gasteiger partial charge in [0.15, 0.2) is 0 Å². The Morgan fingerprint density at radius 1 is 0.529 bits per heavy atom. The SMILES string of the molecule is Oc1cc(O)c2cccc(C(c3cc(I)c(O)c(I)c3)c3cccc4c(O)cc(O)cc34)c2c1. The van der Waals surface area contributed by atoms with Crippen LogP contribution in [0.5, 0.6) is 28.7 Å². The van der Waals surface area contributed by atoms with E-state index >= 15 is 0 Å². The fourth-order valence-corrected chi connectivity index (χ4v) is 6.35. The second-order valence-electron chi connectivity index (χ2n) is 8.08. The van der Waals surface area contributed by atoms with E-state index in [1.807, 2.05) is 36.4 Å². The lowest BCUT2D eigenvalue weighted by Crippen LogP contribution is -2.06. The summed E-state index contributed by atoms with van der Waals surface area (Å²) in [7, 11) is 0. The van der Waals surface area contributed by atoms with E-state index in [1.165, 1.54) is 12.1 Å². The molecule has 0 fully saturated rings. The van der Waals surface area contributed by atoms with Crippen molar-refractivity contribution in [1.82, 2.24) is 0 Å². The molecule has 0 saturated heterocycles. The van der Waals surface area contributed by atoms with Crippen LogP contribution in [0.1, 0.15) is 22.6 Å². The molecule has 0 spiro atoms. The standard InChI is InChI=1S/C27H18I2O5/c28-22-7-13(8-23(29)27(22)34)26(18-5-1-3-16-20(18)9-14(30)11-24(16)32)19-6-2-4-17-21(19)10-15(31)12-25(17)33/h1-12,26,30-34H. The van der Waals surface area contributed by atoms with Gasteiger partial charge in [0.1, 0.15) is 28.7 Å². The molecule has 0 atom stereocenters. The zero-order valence-electron chi connectivity index (χ0n) is 17.5. The number of fused-ring (bicyclic) bond motifs is 2. The first kappa shape index (κ1) is 22.9. The fraction of sp³-hybridized carbons (Fsp3) is 0.0370. The minimum absolute atomic E-state index is 0.0290. The van der Waals surface area contributed by atoms with E-state index in [0.29, 0.717) is 28.7 Å². The molecule has 5 nitrogen and oxygen atoms in total. The van der Waals surface area contributed by atoms with Gasteiger partial charge < -0.3 is 25.5 Å². The fourth-order valence-electron chi connectivity index (χ4n) is 4.53. The van der Waals surface area contributed by atoms with Crippen molar-refractivity contribution in [3.63, 3.8) is 0 Å². The summed E-state index contributed by atoms with van der Waals surface area (Å²) in [5.74, 6) is -0.376. The highest BCUT2D eigenvalue weighted by molar-refractivity contribution is 14.1. The van der Waals surface area contributed by atoms with Gasteiger partial charge in [0.05, 0.1) is 7.14 Å². The molecule has 0 aromatic heterocycles. The van der Waals surface area contributed by atoms with Crippen molar-refractivity contribution < 1.29 is 25.5 Å². The van der Waals surface area contributed by atoms with E-state index < -0.39 is 5.92 Å². The Balaban J connectivity index is 1.92. The van der Waals surface area contributed by atoms with Crippen LogP contribution in [0.15, 0.2) is 72.8 Å². The van der Waals surface area contributed by atoms with Gasteiger partial charge in [-0.15, -0.1) is 0 Å². The average Bonchev–Trinajstić information content (AvgIpc) is 2.78. The molecule has 0 heterocycles. The van der Waals surface area contributed by atoms with Crippen LogP contribution in [0.2, 0.25) is 0 Å². The van der Waals surface area contributed by atoms with Crippen LogP contribution in [0.3, 0.4) is 0 Å². The first-order valence-electron chi connectivity index (χ1n) is 10.3. The minimum Gasteiger partial charge on any atom is -0.508 e. The molecule has 0 aliphatic rings. The topological polar surface area (TPSA) is 101 Å². The van der Waals surface area contributed by atoms with Crippen LogP contribution in [0.25, 0.3) is 21.5 Å². The Kier molecular flexibility index (Phi) is 5.85. The van der Waals surface area contributed by atoms with Crippen LogP contribution in [-0.2, 0) is 0 Å². The molecule has 5 rings (SSSR count). The number of halogens is 2. The Morgan fingerprint density at radius 2 is 0.971 bits per heavy atom. The summed E-state index contributed by atoms with van der Waals surface area (Å²) >= 11 is 4.18. The highest BCUT2D eigenvalue weighted by Gasteiger charge is 2.24. The van der Waals surface area contributed by atoms with Gasteiger partial charge in [0.2, 0.25) is 0 Å². The summed E-state index contributed by atoms with van der Waals surface area (Å²) in [5.41, 5.74) is 2.50. The van der Waals surface area contributed by atoms with Crippen LogP contribution < -0.4 is 0 Å². The van der Waals surface area contributed by atoms with Gasteiger partial charge in [-0.2, -0.15) is 0 Å². The number of hydrogen-bond acceptors (Lipinski definition) is 5. The third-order valence-corrected chi connectivity index (χ3v) is 7.62. The number of phenols is 5. The molecule has 170 valence electrons. The molecule has 0 bridgehead atoms. The molecule has 0 saturated carbocycles. The lowest BCUT2D eigenvalue weighted by atomic mass is 9.80. The largest absolute Gasteiger partial charge is 0.508 e. The minimum atomic E-state index is -0.405. The summed E-state index contributed by atoms with van der Waals surface area (Å²) in [6.07, 6.45) is 0. The van der Waals surface area contributed by atoms with E-state index in [-0.39, 0.29) is 28.7 Å². The average molecular weight is 676 g/mol. The molecule has 0 unspecified atom stereocenters. The van der Waals surface area contributed by atoms with Crippen molar-refractivity contribution >= 4 is 66.7 Å². The molecule has 5 aromatic rings. The lowest BCUT2D eigenvalue weighted by molar-refractivity contribution is 0.454. The first-order chi connectivity index (χ1) is 16.2. The third kappa shape index (κ3) is 3.86. The van der Waals surface area contributed by atoms with Crippen molar-refractivity contribution in [2.45, 2.75) is 5.92 Å². The van der Waals surface area contributed by atoms with E-state index in [9.17, 15) is 25.5 Å². The van der Waals surface area contributed by atoms with E-state index in [2.05, 4.69) is 45.2 Å². The van der Waals surface area contributed by atoms with Gasteiger partial charge in [0, 0.05) is 28.8 Å². The van der Waals surface area contributed by atoms with Crippen LogP contribution in [-0.4, -0.2) is 25.5 Å². The molecule has 34 heavy (non-hydrogen) atoms. The summed E-state index contributed by atoms with van der Waals surface area (Å²) < 4.78 is 1.36. The molecule has 0 radical (unpaired) electrons. The Hall–Kier alpha value is -2.92. The predicted octanol–water partition coefficient (Wildman–Crippen LogP) is 6.91. The molecule has 0 amide bonds. The summed E-state index contributed by atoms with van der Waals surface area (Å²) in [6, 6.07) is 20.8. The second kappa shape index (κ2) is 8.70. The molecule has 0 aliphatic carbocycles. The van der Waals surface area contributed by atoms with Crippen molar-refractivity contribution in [3.8, 4) is 28.7 Å². The lowest BCUT2D eigenvalue weighted by Gasteiger charge is -2.24. The number of hydrogen-bond donors (Lipinski definition) is 5. The Labute approximate surface area is 222 Å². The molecule has 5 aromatic carbocycles. The number of benzene rings is 5. The van der Waals surface area contributed by atoms with Gasteiger partial charge in [0.25, 0.3) is 0 Å². The quantitative estimate of drug-likeness (QED) is 0.106. The number of phenolic OH excluding ortho intramolecular Hbond substituents is 5. The van der Waals surface area contributed by atoms with E-state index in [0.717, 1.165) is 16.7 Å². The van der Waals surface area contributed by atoms with Gasteiger partial charge in [-0.3, -0.25) is 0 Å². The van der Waals surface area contributed by atoms with Gasteiger partial charge in [-0.1, -0.05) is 36.4 Å². The maximum Gasteiger partial charge on any atom is 0.142 e. The molecular weight excluding hydrogens is 658 g/mol. The smallest absolute Gasteiger partial charge is 0.142 e. The monoisotopic (exact) mass is 676 g/mol. The zero-order valence-corrected chi connectivity index (χ0v) is 21.8. The predicted molar refractivity (Wildman–Crippen MR) is 149 cm³/mol. The highest BCUT2D eigenvalue weighted by Crippen LogP contribution is 2.45. The molecular formula is C27H18I2O5. The van der Waals surface area contributed by atoms with Crippen molar-refractivity contribution in [3.05, 3.63) is 96.6 Å². The number of rotatable bonds is 3. The zero-order chi connectivity index (χ0) is 24.1. The molecule has 7 heteroatoms. The number of aromatic hydroxyl groups is 5. The Morgan fingerprint density at radius 3 is 1.41 bits per heavy atom. The van der Waals surface area contributed by atoms with Gasteiger partial charge in [-0.05, 0) is 96.9 Å². The highest BCUT2D eigenvalue weighted by atomic mass is 127. The molecule has 5 N–H and O–H groups in total. The van der Waals surface area contributed by atoms with Gasteiger partial charge >= 0.3 is 0 Å². The van der Waals surface area contributed by atoms with Gasteiger partial charge in [-0.25, -0.2) is 0 Å². The maximum atomic E-state index is 10.5. The van der Waals surface area contributed by atoms with Crippen molar-refractivity contribution in [1.29, 1.82) is 0 Å². The normalized spacial score (nSPS) is 11.5. The summed E-state index contributed by atoms with van der Waals surface area (Å²) in [6.45, 7) is 0. The van der Waals surface area contributed by atoms with E-state index in [4.69, 9.17) is 0 Å². The first-order valence-corrected chi connectivity index (χ1v) is 12.5. The third-order valence-electron chi connectivity index (χ3n) is 5.98. The summed E-state index contributed by atoms with van der Waals surface area (Å²) in [4.78, 5) is 0. The second-order valence-corrected chi connectivity index (χ2v) is 10.4. The van der Waals surface area contributed by atoms with Crippen molar-refractivity contribution in [2.24, 2.45) is 0 Å². The summed E-state index contributed by atoms with van der Waals surface area (Å²) in [5, 5.41) is 54.5. The maximum absolute atomic E-state index is 10.5. The van der Waals surface area contributed by atoms with E-state index in [1.54, 1.807) is 24.3 Å². The van der Waals surface area contributed by atoms with Crippen LogP contribution in [0.4, 0.5) is 0 Å². The van der Waals surface area contributed by atoms with Crippen molar-refractivity contribution in [2.75, 3.05) is 0 Å². The molecule has 0 aliphatic heterocycles.